The van der Waals surface area contributed by atoms with Crippen molar-refractivity contribution in [3.05, 3.63) is 48.1 Å². The smallest absolute Gasteiger partial charge is 0.0411 e. The molecule has 0 saturated heterocycles. The van der Waals surface area contributed by atoms with Crippen LogP contribution in [0.2, 0.25) is 0 Å². The molecule has 0 atom stereocenters. The van der Waals surface area contributed by atoms with E-state index in [2.05, 4.69) is 36.2 Å². The molecule has 0 heterocycles. The first kappa shape index (κ1) is 10.6. The Labute approximate surface area is 86.2 Å². The summed E-state index contributed by atoms with van der Waals surface area (Å²) in [5.74, 6) is 0. The van der Waals surface area contributed by atoms with Crippen LogP contribution in [0.4, 0.5) is 5.69 Å². The Balaban J connectivity index is 3.06. The third-order valence-corrected chi connectivity index (χ3v) is 2.11. The zero-order valence-corrected chi connectivity index (χ0v) is 8.88. The molecule has 14 heavy (non-hydrogen) atoms. The van der Waals surface area contributed by atoms with Gasteiger partial charge in [0.1, 0.15) is 0 Å². The van der Waals surface area contributed by atoms with Crippen LogP contribution < -0.4 is 5.32 Å². The van der Waals surface area contributed by atoms with Crippen LogP contribution in [0.15, 0.2) is 36.9 Å². The van der Waals surface area contributed by atoms with Crippen LogP contribution in [0.25, 0.3) is 6.08 Å². The van der Waals surface area contributed by atoms with Gasteiger partial charge < -0.3 is 5.32 Å². The lowest BCUT2D eigenvalue weighted by molar-refractivity contribution is 1.27. The average Bonchev–Trinajstić information content (AvgIpc) is 2.19. The van der Waals surface area contributed by atoms with E-state index in [-0.39, 0.29) is 0 Å². The fraction of sp³-hybridized carbons (Fsp3) is 0.231. The number of rotatable bonds is 4. The van der Waals surface area contributed by atoms with Crippen LogP contribution >= 0.6 is 0 Å². The molecule has 0 unspecified atom stereocenters. The lowest BCUT2D eigenvalue weighted by Gasteiger charge is -2.07. The minimum atomic E-state index is 0.925. The normalized spacial score (nSPS) is 10.4. The summed E-state index contributed by atoms with van der Waals surface area (Å²) in [4.78, 5) is 0. The molecule has 0 fully saturated rings. The number of allylic oxidation sites excluding steroid dienone is 2. The van der Waals surface area contributed by atoms with Crippen LogP contribution in [-0.4, -0.2) is 7.05 Å². The van der Waals surface area contributed by atoms with Crippen molar-refractivity contribution in [2.45, 2.75) is 13.3 Å². The standard InChI is InChI=1S/C13H17N/c1-4-6-11-8-9-13(14-3)12(10-11)7-5-2/h4-5,7-10,14H,1,6H2,2-3H3/b7-5+. The molecule has 1 N–H and O–H groups in total. The van der Waals surface area contributed by atoms with E-state index in [0.29, 0.717) is 0 Å². The molecule has 1 aromatic rings. The second kappa shape index (κ2) is 5.28. The molecule has 0 aliphatic carbocycles. The van der Waals surface area contributed by atoms with Crippen LogP contribution in [0.5, 0.6) is 0 Å². The highest BCUT2D eigenvalue weighted by Gasteiger charge is 1.98. The number of benzene rings is 1. The summed E-state index contributed by atoms with van der Waals surface area (Å²) in [6.07, 6.45) is 7.01. The Morgan fingerprint density at radius 2 is 2.21 bits per heavy atom. The molecular weight excluding hydrogens is 170 g/mol. The molecule has 0 amide bonds. The van der Waals surface area contributed by atoms with Gasteiger partial charge in [-0.3, -0.25) is 0 Å². The molecule has 74 valence electrons. The first-order chi connectivity index (χ1) is 6.81. The van der Waals surface area contributed by atoms with E-state index in [1.165, 1.54) is 11.1 Å². The summed E-state index contributed by atoms with van der Waals surface area (Å²) in [5, 5.41) is 3.17. The summed E-state index contributed by atoms with van der Waals surface area (Å²) in [5.41, 5.74) is 3.69. The number of anilines is 1. The largest absolute Gasteiger partial charge is 0.388 e. The minimum Gasteiger partial charge on any atom is -0.388 e. The predicted molar refractivity (Wildman–Crippen MR) is 64.6 cm³/mol. The van der Waals surface area contributed by atoms with Crippen molar-refractivity contribution in [2.75, 3.05) is 12.4 Å². The van der Waals surface area contributed by atoms with Gasteiger partial charge in [-0.05, 0) is 36.6 Å². The van der Waals surface area contributed by atoms with Crippen molar-refractivity contribution in [3.8, 4) is 0 Å². The number of hydrogen-bond donors (Lipinski definition) is 1. The van der Waals surface area contributed by atoms with E-state index in [4.69, 9.17) is 0 Å². The average molecular weight is 187 g/mol. The van der Waals surface area contributed by atoms with Gasteiger partial charge in [-0.25, -0.2) is 0 Å². The van der Waals surface area contributed by atoms with Gasteiger partial charge in [0.25, 0.3) is 0 Å². The summed E-state index contributed by atoms with van der Waals surface area (Å²) in [6.45, 7) is 5.77. The summed E-state index contributed by atoms with van der Waals surface area (Å²) < 4.78 is 0. The molecule has 1 nitrogen and oxygen atoms in total. The fourth-order valence-electron chi connectivity index (χ4n) is 1.45. The van der Waals surface area contributed by atoms with E-state index in [1.54, 1.807) is 0 Å². The van der Waals surface area contributed by atoms with Crippen molar-refractivity contribution < 1.29 is 0 Å². The predicted octanol–water partition coefficient (Wildman–Crippen LogP) is 3.49. The van der Waals surface area contributed by atoms with E-state index < -0.39 is 0 Å². The lowest BCUT2D eigenvalue weighted by atomic mass is 10.1. The van der Waals surface area contributed by atoms with Crippen molar-refractivity contribution in [3.63, 3.8) is 0 Å². The summed E-state index contributed by atoms with van der Waals surface area (Å²) in [7, 11) is 1.94. The SMILES string of the molecule is C=CCc1ccc(NC)c(/C=C/C)c1. The summed E-state index contributed by atoms with van der Waals surface area (Å²) >= 11 is 0. The molecular formula is C13H17N. The molecule has 0 aliphatic rings. The Morgan fingerprint density at radius 1 is 1.43 bits per heavy atom. The molecule has 0 radical (unpaired) electrons. The van der Waals surface area contributed by atoms with Crippen molar-refractivity contribution in [1.29, 1.82) is 0 Å². The molecule has 0 aliphatic heterocycles. The van der Waals surface area contributed by atoms with Gasteiger partial charge in [0.2, 0.25) is 0 Å². The van der Waals surface area contributed by atoms with Crippen LogP contribution in [-0.2, 0) is 6.42 Å². The molecule has 0 bridgehead atoms. The van der Waals surface area contributed by atoms with Crippen molar-refractivity contribution in [2.24, 2.45) is 0 Å². The third kappa shape index (κ3) is 2.49. The van der Waals surface area contributed by atoms with Gasteiger partial charge in [0.15, 0.2) is 0 Å². The molecule has 1 heteroatoms. The maximum Gasteiger partial charge on any atom is 0.0411 e. The molecule has 1 aromatic carbocycles. The Bertz CT molecular complexity index is 337. The van der Waals surface area contributed by atoms with E-state index in [9.17, 15) is 0 Å². The van der Waals surface area contributed by atoms with E-state index in [1.807, 2.05) is 26.1 Å². The van der Waals surface area contributed by atoms with Gasteiger partial charge in [0, 0.05) is 12.7 Å². The monoisotopic (exact) mass is 187 g/mol. The molecule has 0 spiro atoms. The first-order valence-electron chi connectivity index (χ1n) is 4.86. The highest BCUT2D eigenvalue weighted by atomic mass is 14.8. The second-order valence-corrected chi connectivity index (χ2v) is 3.16. The second-order valence-electron chi connectivity index (χ2n) is 3.16. The maximum atomic E-state index is 3.74. The Kier molecular flexibility index (Phi) is 3.99. The van der Waals surface area contributed by atoms with Gasteiger partial charge in [-0.15, -0.1) is 6.58 Å². The topological polar surface area (TPSA) is 12.0 Å². The number of nitrogens with one attached hydrogen (secondary N) is 1. The fourth-order valence-corrected chi connectivity index (χ4v) is 1.45. The van der Waals surface area contributed by atoms with Gasteiger partial charge in [-0.2, -0.15) is 0 Å². The van der Waals surface area contributed by atoms with Crippen molar-refractivity contribution in [1.82, 2.24) is 0 Å². The minimum absolute atomic E-state index is 0.925. The zero-order chi connectivity index (χ0) is 10.4. The Hall–Kier alpha value is -1.50. The van der Waals surface area contributed by atoms with Crippen LogP contribution in [0.1, 0.15) is 18.1 Å². The highest BCUT2D eigenvalue weighted by Crippen LogP contribution is 2.19. The summed E-state index contributed by atoms with van der Waals surface area (Å²) in [6, 6.07) is 6.42. The van der Waals surface area contributed by atoms with Crippen molar-refractivity contribution >= 4 is 11.8 Å². The maximum absolute atomic E-state index is 3.74. The zero-order valence-electron chi connectivity index (χ0n) is 8.88. The Morgan fingerprint density at radius 3 is 2.79 bits per heavy atom. The van der Waals surface area contributed by atoms with Crippen LogP contribution in [0, 0.1) is 0 Å². The number of hydrogen-bond acceptors (Lipinski definition) is 1. The van der Waals surface area contributed by atoms with Gasteiger partial charge >= 0.3 is 0 Å². The van der Waals surface area contributed by atoms with Gasteiger partial charge in [0.05, 0.1) is 0 Å². The lowest BCUT2D eigenvalue weighted by Crippen LogP contribution is -1.93. The van der Waals surface area contributed by atoms with E-state index >= 15 is 0 Å². The molecule has 0 saturated carbocycles. The van der Waals surface area contributed by atoms with Gasteiger partial charge in [-0.1, -0.05) is 24.3 Å². The van der Waals surface area contributed by atoms with Crippen LogP contribution in [0.3, 0.4) is 0 Å². The third-order valence-electron chi connectivity index (χ3n) is 2.11. The highest BCUT2D eigenvalue weighted by molar-refractivity contribution is 5.67. The van der Waals surface area contributed by atoms with E-state index in [0.717, 1.165) is 12.1 Å². The molecule has 1 rings (SSSR count). The quantitative estimate of drug-likeness (QED) is 0.711. The first-order valence-corrected chi connectivity index (χ1v) is 4.86. The molecule has 0 aromatic heterocycles.